The number of ether oxygens (including phenoxy) is 2. The van der Waals surface area contributed by atoms with Crippen molar-refractivity contribution in [1.29, 1.82) is 0 Å². The van der Waals surface area contributed by atoms with Crippen LogP contribution in [0.4, 0.5) is 5.82 Å². The second-order valence-corrected chi connectivity index (χ2v) is 6.93. The third-order valence-electron chi connectivity index (χ3n) is 4.07. The molecule has 0 saturated carbocycles. The number of hydrogen-bond donors (Lipinski definition) is 2. The van der Waals surface area contributed by atoms with Crippen LogP contribution < -0.4 is 20.1 Å². The summed E-state index contributed by atoms with van der Waals surface area (Å²) in [6.45, 7) is 6.19. The van der Waals surface area contributed by atoms with Gasteiger partial charge in [0.25, 0.3) is 5.91 Å². The van der Waals surface area contributed by atoms with Crippen LogP contribution in [0.3, 0.4) is 0 Å². The van der Waals surface area contributed by atoms with Gasteiger partial charge in [-0.05, 0) is 56.1 Å². The number of benzene rings is 2. The average molecular weight is 400 g/mol. The Bertz CT molecular complexity index is 902. The molecule has 0 spiro atoms. The lowest BCUT2D eigenvalue weighted by molar-refractivity contribution is 0.0952. The van der Waals surface area contributed by atoms with Gasteiger partial charge in [0.1, 0.15) is 17.3 Å². The first-order valence-electron chi connectivity index (χ1n) is 9.48. The molecule has 0 radical (unpaired) electrons. The molecule has 2 aromatic carbocycles. The van der Waals surface area contributed by atoms with Crippen molar-refractivity contribution in [3.63, 3.8) is 0 Å². The Labute approximate surface area is 169 Å². The van der Waals surface area contributed by atoms with Crippen LogP contribution in [0.2, 0.25) is 0 Å². The number of nitrogens with one attached hydrogen (secondary N) is 2. The van der Waals surface area contributed by atoms with Crippen LogP contribution in [0.25, 0.3) is 10.1 Å². The number of hydrogen-bond acceptors (Lipinski definition) is 6. The lowest BCUT2D eigenvalue weighted by Crippen LogP contribution is -2.26. The maximum Gasteiger partial charge on any atom is 0.251 e. The van der Waals surface area contributed by atoms with E-state index in [1.807, 2.05) is 26.0 Å². The zero-order chi connectivity index (χ0) is 19.8. The van der Waals surface area contributed by atoms with Gasteiger partial charge in [0.05, 0.1) is 17.9 Å². The standard InChI is InChI=1S/C21H25N3O3S/c1-3-26-16-12-15(13-17(14-16)27-4-2)21(25)23-11-7-10-22-20-18-8-5-6-9-19(18)28-24-20/h5-6,8-9,12-14H,3-4,7,10-11H2,1-2H3,(H,22,24)(H,23,25). The number of aromatic nitrogens is 1. The number of carbonyl (C=O) groups is 1. The molecule has 0 aliphatic heterocycles. The van der Waals surface area contributed by atoms with Crippen molar-refractivity contribution in [2.75, 3.05) is 31.6 Å². The summed E-state index contributed by atoms with van der Waals surface area (Å²) in [5, 5.41) is 7.42. The normalized spacial score (nSPS) is 10.6. The third-order valence-corrected chi connectivity index (χ3v) is 4.90. The molecule has 0 fully saturated rings. The zero-order valence-corrected chi connectivity index (χ0v) is 17.0. The molecule has 1 heterocycles. The van der Waals surface area contributed by atoms with Crippen LogP contribution in [0.1, 0.15) is 30.6 Å². The van der Waals surface area contributed by atoms with E-state index in [0.717, 1.165) is 28.9 Å². The molecule has 7 heteroatoms. The van der Waals surface area contributed by atoms with Gasteiger partial charge in [-0.3, -0.25) is 4.79 Å². The van der Waals surface area contributed by atoms with Crippen molar-refractivity contribution in [3.8, 4) is 11.5 Å². The monoisotopic (exact) mass is 399 g/mol. The SMILES string of the molecule is CCOc1cc(OCC)cc(C(=O)NCCCNc2nsc3ccccc23)c1. The summed E-state index contributed by atoms with van der Waals surface area (Å²) in [5.74, 6) is 2.03. The van der Waals surface area contributed by atoms with Crippen LogP contribution in [-0.4, -0.2) is 36.6 Å². The Morgan fingerprint density at radius 2 is 1.75 bits per heavy atom. The molecule has 0 atom stereocenters. The van der Waals surface area contributed by atoms with Gasteiger partial charge >= 0.3 is 0 Å². The summed E-state index contributed by atoms with van der Waals surface area (Å²) in [4.78, 5) is 12.5. The number of nitrogens with zero attached hydrogens (tertiary/aromatic N) is 1. The van der Waals surface area contributed by atoms with E-state index >= 15 is 0 Å². The van der Waals surface area contributed by atoms with Crippen molar-refractivity contribution in [3.05, 3.63) is 48.0 Å². The summed E-state index contributed by atoms with van der Waals surface area (Å²) < 4.78 is 16.7. The molecular formula is C21H25N3O3S. The van der Waals surface area contributed by atoms with E-state index in [1.54, 1.807) is 18.2 Å². The Morgan fingerprint density at radius 3 is 2.46 bits per heavy atom. The van der Waals surface area contributed by atoms with Crippen LogP contribution in [-0.2, 0) is 0 Å². The first kappa shape index (κ1) is 19.9. The lowest BCUT2D eigenvalue weighted by Gasteiger charge is -2.11. The quantitative estimate of drug-likeness (QED) is 0.497. The van der Waals surface area contributed by atoms with Gasteiger partial charge in [-0.15, -0.1) is 0 Å². The van der Waals surface area contributed by atoms with Crippen molar-refractivity contribution >= 4 is 33.3 Å². The molecule has 0 aliphatic rings. The van der Waals surface area contributed by atoms with Crippen molar-refractivity contribution in [2.24, 2.45) is 0 Å². The van der Waals surface area contributed by atoms with Gasteiger partial charge in [-0.2, -0.15) is 4.37 Å². The number of carbonyl (C=O) groups excluding carboxylic acids is 1. The predicted molar refractivity (Wildman–Crippen MR) is 114 cm³/mol. The predicted octanol–water partition coefficient (Wildman–Crippen LogP) is 4.33. The van der Waals surface area contributed by atoms with Gasteiger partial charge in [-0.25, -0.2) is 0 Å². The highest BCUT2D eigenvalue weighted by Crippen LogP contribution is 2.26. The largest absolute Gasteiger partial charge is 0.494 e. The van der Waals surface area contributed by atoms with E-state index in [4.69, 9.17) is 9.47 Å². The minimum Gasteiger partial charge on any atom is -0.494 e. The number of fused-ring (bicyclic) bond motifs is 1. The Kier molecular flexibility index (Phi) is 7.08. The minimum absolute atomic E-state index is 0.137. The molecule has 0 saturated heterocycles. The molecule has 148 valence electrons. The van der Waals surface area contributed by atoms with Crippen LogP contribution in [0.15, 0.2) is 42.5 Å². The van der Waals surface area contributed by atoms with Crippen molar-refractivity contribution < 1.29 is 14.3 Å². The molecule has 3 aromatic rings. The molecule has 1 amide bonds. The van der Waals surface area contributed by atoms with Gasteiger partial charge in [0.2, 0.25) is 0 Å². The molecule has 3 rings (SSSR count). The number of rotatable bonds is 10. The number of amides is 1. The van der Waals surface area contributed by atoms with Gasteiger partial charge in [0.15, 0.2) is 0 Å². The molecule has 0 unspecified atom stereocenters. The maximum atomic E-state index is 12.5. The van der Waals surface area contributed by atoms with E-state index in [0.29, 0.717) is 36.8 Å². The lowest BCUT2D eigenvalue weighted by atomic mass is 10.2. The molecule has 0 bridgehead atoms. The Hall–Kier alpha value is -2.80. The summed E-state index contributed by atoms with van der Waals surface area (Å²) in [5.41, 5.74) is 0.535. The highest BCUT2D eigenvalue weighted by atomic mass is 32.1. The third kappa shape index (κ3) is 5.13. The van der Waals surface area contributed by atoms with Crippen LogP contribution in [0, 0.1) is 0 Å². The number of anilines is 1. The fourth-order valence-corrected chi connectivity index (χ4v) is 3.57. The van der Waals surface area contributed by atoms with E-state index in [9.17, 15) is 4.79 Å². The first-order valence-corrected chi connectivity index (χ1v) is 10.3. The van der Waals surface area contributed by atoms with Gasteiger partial charge < -0.3 is 20.1 Å². The maximum absolute atomic E-state index is 12.5. The van der Waals surface area contributed by atoms with Crippen LogP contribution >= 0.6 is 11.5 Å². The second-order valence-electron chi connectivity index (χ2n) is 6.12. The molecule has 28 heavy (non-hydrogen) atoms. The van der Waals surface area contributed by atoms with Crippen molar-refractivity contribution in [2.45, 2.75) is 20.3 Å². The molecule has 6 nitrogen and oxygen atoms in total. The summed E-state index contributed by atoms with van der Waals surface area (Å²) in [6.07, 6.45) is 0.793. The van der Waals surface area contributed by atoms with E-state index in [1.165, 1.54) is 11.5 Å². The van der Waals surface area contributed by atoms with E-state index < -0.39 is 0 Å². The van der Waals surface area contributed by atoms with Crippen molar-refractivity contribution in [1.82, 2.24) is 9.69 Å². The second kappa shape index (κ2) is 9.94. The molecule has 0 aliphatic carbocycles. The minimum atomic E-state index is -0.137. The van der Waals surface area contributed by atoms with Gasteiger partial charge in [-0.1, -0.05) is 12.1 Å². The highest BCUT2D eigenvalue weighted by Gasteiger charge is 2.10. The fourth-order valence-electron chi connectivity index (χ4n) is 2.82. The first-order chi connectivity index (χ1) is 13.7. The van der Waals surface area contributed by atoms with E-state index in [-0.39, 0.29) is 5.91 Å². The molecule has 1 aromatic heterocycles. The zero-order valence-electron chi connectivity index (χ0n) is 16.2. The smallest absolute Gasteiger partial charge is 0.251 e. The summed E-state index contributed by atoms with van der Waals surface area (Å²) in [6, 6.07) is 13.4. The highest BCUT2D eigenvalue weighted by molar-refractivity contribution is 7.13. The average Bonchev–Trinajstić information content (AvgIpc) is 3.11. The topological polar surface area (TPSA) is 72.5 Å². The Morgan fingerprint density at radius 1 is 1.04 bits per heavy atom. The molecular weight excluding hydrogens is 374 g/mol. The van der Waals surface area contributed by atoms with E-state index in [2.05, 4.69) is 27.1 Å². The summed E-state index contributed by atoms with van der Waals surface area (Å²) in [7, 11) is 0. The Balaban J connectivity index is 1.50. The summed E-state index contributed by atoms with van der Waals surface area (Å²) >= 11 is 1.48. The fraction of sp³-hybridized carbons (Fsp3) is 0.333. The molecule has 2 N–H and O–H groups in total. The van der Waals surface area contributed by atoms with Crippen LogP contribution in [0.5, 0.6) is 11.5 Å². The van der Waals surface area contributed by atoms with Gasteiger partial charge in [0, 0.05) is 30.1 Å².